The average molecular weight is 325 g/mol. The molecule has 0 aliphatic rings. The Morgan fingerprint density at radius 2 is 1.84 bits per heavy atom. The molecule has 0 spiro atoms. The molecule has 0 aliphatic heterocycles. The van der Waals surface area contributed by atoms with Crippen molar-refractivity contribution < 1.29 is 9.47 Å². The van der Waals surface area contributed by atoms with Crippen LogP contribution in [0.2, 0.25) is 0 Å². The molecule has 0 unspecified atom stereocenters. The maximum atomic E-state index is 5.83. The Balaban J connectivity index is 2.14. The number of aromatic nitrogens is 2. The van der Waals surface area contributed by atoms with Crippen molar-refractivity contribution in [3.05, 3.63) is 40.1 Å². The van der Waals surface area contributed by atoms with Crippen LogP contribution < -0.4 is 9.47 Å². The van der Waals surface area contributed by atoms with Crippen molar-refractivity contribution in [3.63, 3.8) is 0 Å². The highest BCUT2D eigenvalue weighted by Crippen LogP contribution is 2.28. The van der Waals surface area contributed by atoms with Crippen LogP contribution in [0.1, 0.15) is 18.3 Å². The van der Waals surface area contributed by atoms with Gasteiger partial charge in [-0.3, -0.25) is 4.68 Å². The molecule has 0 amide bonds. The molecule has 19 heavy (non-hydrogen) atoms. The molecule has 0 radical (unpaired) electrons. The van der Waals surface area contributed by atoms with Gasteiger partial charge in [-0.15, -0.1) is 0 Å². The summed E-state index contributed by atoms with van der Waals surface area (Å²) in [7, 11) is 1.91. The smallest absolute Gasteiger partial charge is 0.161 e. The molecule has 2 rings (SSSR count). The second kappa shape index (κ2) is 6.10. The van der Waals surface area contributed by atoms with Crippen molar-refractivity contribution in [2.45, 2.75) is 20.5 Å². The van der Waals surface area contributed by atoms with Crippen molar-refractivity contribution in [2.24, 2.45) is 7.05 Å². The highest BCUT2D eigenvalue weighted by molar-refractivity contribution is 9.10. The van der Waals surface area contributed by atoms with Crippen molar-refractivity contribution in [1.29, 1.82) is 0 Å². The van der Waals surface area contributed by atoms with Crippen LogP contribution in [0.25, 0.3) is 0 Å². The number of nitrogens with zero attached hydrogens (tertiary/aromatic N) is 2. The molecule has 5 heteroatoms. The molecule has 0 fully saturated rings. The Morgan fingerprint density at radius 1 is 1.21 bits per heavy atom. The fourth-order valence-corrected chi connectivity index (χ4v) is 2.28. The zero-order valence-electron chi connectivity index (χ0n) is 11.3. The second-order valence-corrected chi connectivity index (χ2v) is 4.93. The summed E-state index contributed by atoms with van der Waals surface area (Å²) in [6.45, 7) is 4.98. The Labute approximate surface area is 121 Å². The summed E-state index contributed by atoms with van der Waals surface area (Å²) >= 11 is 3.53. The van der Waals surface area contributed by atoms with Gasteiger partial charge in [-0.05, 0) is 41.9 Å². The maximum Gasteiger partial charge on any atom is 0.161 e. The maximum absolute atomic E-state index is 5.83. The number of halogens is 1. The summed E-state index contributed by atoms with van der Waals surface area (Å²) in [5.41, 5.74) is 1.96. The summed E-state index contributed by atoms with van der Waals surface area (Å²) in [6, 6.07) is 7.67. The number of rotatable bonds is 5. The first-order valence-corrected chi connectivity index (χ1v) is 6.95. The lowest BCUT2D eigenvalue weighted by Crippen LogP contribution is -2.04. The summed E-state index contributed by atoms with van der Waals surface area (Å²) in [4.78, 5) is 0. The molecule has 0 saturated carbocycles. The van der Waals surface area contributed by atoms with E-state index in [4.69, 9.17) is 9.47 Å². The van der Waals surface area contributed by atoms with Crippen molar-refractivity contribution in [3.8, 4) is 11.5 Å². The van der Waals surface area contributed by atoms with Crippen LogP contribution in [0.4, 0.5) is 0 Å². The van der Waals surface area contributed by atoms with E-state index >= 15 is 0 Å². The predicted molar refractivity (Wildman–Crippen MR) is 77.6 cm³/mol. The highest BCUT2D eigenvalue weighted by Gasteiger charge is 2.12. The third-order valence-corrected chi connectivity index (χ3v) is 3.81. The molecule has 0 N–H and O–H groups in total. The van der Waals surface area contributed by atoms with Gasteiger partial charge in [0.2, 0.25) is 0 Å². The zero-order valence-corrected chi connectivity index (χ0v) is 12.9. The third kappa shape index (κ3) is 3.10. The molecule has 0 saturated heterocycles. The molecule has 1 aromatic heterocycles. The highest BCUT2D eigenvalue weighted by atomic mass is 79.9. The number of ether oxygens (including phenoxy) is 2. The molecule has 0 atom stereocenters. The Hall–Kier alpha value is -1.49. The minimum atomic E-state index is 0.446. The van der Waals surface area contributed by atoms with Gasteiger partial charge in [0.05, 0.1) is 22.5 Å². The molecule has 102 valence electrons. The lowest BCUT2D eigenvalue weighted by Gasteiger charge is -2.11. The van der Waals surface area contributed by atoms with Crippen LogP contribution in [-0.2, 0) is 13.7 Å². The predicted octanol–water partition coefficient (Wildman–Crippen LogP) is 3.47. The molecule has 4 nitrogen and oxygen atoms in total. The topological polar surface area (TPSA) is 36.3 Å². The van der Waals surface area contributed by atoms with Crippen molar-refractivity contribution >= 4 is 15.9 Å². The molecular weight excluding hydrogens is 308 g/mol. The van der Waals surface area contributed by atoms with Gasteiger partial charge < -0.3 is 9.47 Å². The van der Waals surface area contributed by atoms with Crippen LogP contribution in [0.3, 0.4) is 0 Å². The number of hydrogen-bond acceptors (Lipinski definition) is 3. The lowest BCUT2D eigenvalue weighted by atomic mass is 10.3. The van der Waals surface area contributed by atoms with Crippen LogP contribution in [0, 0.1) is 6.92 Å². The monoisotopic (exact) mass is 324 g/mol. The van der Waals surface area contributed by atoms with Gasteiger partial charge >= 0.3 is 0 Å². The summed E-state index contributed by atoms with van der Waals surface area (Å²) in [5, 5.41) is 4.34. The van der Waals surface area contributed by atoms with Crippen LogP contribution in [-0.4, -0.2) is 16.4 Å². The molecule has 1 aromatic carbocycles. The van der Waals surface area contributed by atoms with Crippen LogP contribution >= 0.6 is 15.9 Å². The Kier molecular flexibility index (Phi) is 4.47. The van der Waals surface area contributed by atoms with E-state index in [1.165, 1.54) is 0 Å². The van der Waals surface area contributed by atoms with E-state index in [-0.39, 0.29) is 0 Å². The number of aryl methyl sites for hydroxylation is 2. The van der Waals surface area contributed by atoms with Gasteiger partial charge in [0, 0.05) is 7.05 Å². The molecule has 0 aliphatic carbocycles. The fraction of sp³-hybridized carbons (Fsp3) is 0.357. The Bertz CT molecular complexity index is 567. The van der Waals surface area contributed by atoms with E-state index in [1.54, 1.807) is 0 Å². The largest absolute Gasteiger partial charge is 0.490 e. The van der Waals surface area contributed by atoms with E-state index in [0.717, 1.165) is 27.4 Å². The van der Waals surface area contributed by atoms with Gasteiger partial charge in [-0.2, -0.15) is 5.10 Å². The molecule has 2 aromatic rings. The zero-order chi connectivity index (χ0) is 13.8. The summed E-state index contributed by atoms with van der Waals surface area (Å²) < 4.78 is 14.2. The lowest BCUT2D eigenvalue weighted by molar-refractivity contribution is 0.262. The number of para-hydroxylation sites is 2. The third-order valence-electron chi connectivity index (χ3n) is 2.78. The Morgan fingerprint density at radius 3 is 2.37 bits per heavy atom. The van der Waals surface area contributed by atoms with E-state index in [1.807, 2.05) is 49.8 Å². The minimum absolute atomic E-state index is 0.446. The van der Waals surface area contributed by atoms with Gasteiger partial charge in [-0.1, -0.05) is 12.1 Å². The van der Waals surface area contributed by atoms with Crippen LogP contribution in [0.15, 0.2) is 28.7 Å². The standard InChI is InChI=1S/C14H17BrN2O2/c1-4-18-12-7-5-6-8-13(12)19-9-11-14(15)10(2)16-17(11)3/h5-8H,4,9H2,1-3H3. The minimum Gasteiger partial charge on any atom is -0.490 e. The van der Waals surface area contributed by atoms with E-state index in [9.17, 15) is 0 Å². The molecule has 1 heterocycles. The van der Waals surface area contributed by atoms with Crippen molar-refractivity contribution in [2.75, 3.05) is 6.61 Å². The van der Waals surface area contributed by atoms with Gasteiger partial charge in [0.25, 0.3) is 0 Å². The number of hydrogen-bond donors (Lipinski definition) is 0. The number of benzene rings is 1. The molecule has 0 bridgehead atoms. The van der Waals surface area contributed by atoms with Crippen LogP contribution in [0.5, 0.6) is 11.5 Å². The summed E-state index contributed by atoms with van der Waals surface area (Å²) in [6.07, 6.45) is 0. The van der Waals surface area contributed by atoms with Gasteiger partial charge in [0.15, 0.2) is 11.5 Å². The second-order valence-electron chi connectivity index (χ2n) is 4.14. The van der Waals surface area contributed by atoms with Crippen molar-refractivity contribution in [1.82, 2.24) is 9.78 Å². The fourth-order valence-electron chi connectivity index (χ4n) is 1.83. The van der Waals surface area contributed by atoms with Gasteiger partial charge in [0.1, 0.15) is 6.61 Å². The first kappa shape index (κ1) is 13.9. The molecular formula is C14H17BrN2O2. The first-order chi connectivity index (χ1) is 9.13. The van der Waals surface area contributed by atoms with E-state index < -0.39 is 0 Å². The van der Waals surface area contributed by atoms with Gasteiger partial charge in [-0.25, -0.2) is 0 Å². The normalized spacial score (nSPS) is 10.5. The SMILES string of the molecule is CCOc1ccccc1OCc1c(Br)c(C)nn1C. The summed E-state index contributed by atoms with van der Waals surface area (Å²) in [5.74, 6) is 1.51. The van der Waals surface area contributed by atoms with E-state index in [2.05, 4.69) is 21.0 Å². The average Bonchev–Trinajstić information content (AvgIpc) is 2.63. The van der Waals surface area contributed by atoms with E-state index in [0.29, 0.717) is 13.2 Å². The first-order valence-electron chi connectivity index (χ1n) is 6.16. The quantitative estimate of drug-likeness (QED) is 0.844.